The van der Waals surface area contributed by atoms with Gasteiger partial charge in [-0.25, -0.2) is 0 Å². The summed E-state index contributed by atoms with van der Waals surface area (Å²) in [5.41, 5.74) is 3.86. The van der Waals surface area contributed by atoms with Crippen LogP contribution in [0.25, 0.3) is 0 Å². The molecule has 8 nitrogen and oxygen atoms in total. The summed E-state index contributed by atoms with van der Waals surface area (Å²) in [6, 6.07) is 15.9. The first-order valence-electron chi connectivity index (χ1n) is 12.3. The van der Waals surface area contributed by atoms with Crippen LogP contribution in [0.4, 0.5) is 5.69 Å². The summed E-state index contributed by atoms with van der Waals surface area (Å²) in [4.78, 5) is 26.5. The SMILES string of the molecule is COc1cc2c(cc1OC)C(COc1ccc(C(C)C)cc1)N(C(=O)c1ccc(C)c([N+](=O)[O-])c1)CC2. The number of aryl methyl sites for hydroxylation is 1. The Balaban J connectivity index is 1.70. The molecule has 0 aromatic heterocycles. The summed E-state index contributed by atoms with van der Waals surface area (Å²) in [7, 11) is 3.16. The van der Waals surface area contributed by atoms with E-state index < -0.39 is 11.0 Å². The number of nitrogens with zero attached hydrogens (tertiary/aromatic N) is 2. The van der Waals surface area contributed by atoms with Crippen molar-refractivity contribution < 1.29 is 23.9 Å². The molecule has 0 fully saturated rings. The van der Waals surface area contributed by atoms with E-state index in [0.717, 1.165) is 11.1 Å². The number of carbonyl (C=O) groups is 1. The molecule has 3 aromatic carbocycles. The minimum atomic E-state index is -0.462. The van der Waals surface area contributed by atoms with Crippen molar-refractivity contribution in [3.63, 3.8) is 0 Å². The molecule has 1 amide bonds. The van der Waals surface area contributed by atoms with Crippen LogP contribution in [0.3, 0.4) is 0 Å². The van der Waals surface area contributed by atoms with Crippen LogP contribution < -0.4 is 14.2 Å². The summed E-state index contributed by atoms with van der Waals surface area (Å²) in [5.74, 6) is 2.02. The smallest absolute Gasteiger partial charge is 0.273 e. The van der Waals surface area contributed by atoms with Gasteiger partial charge in [-0.3, -0.25) is 14.9 Å². The number of rotatable bonds is 8. The second kappa shape index (κ2) is 10.9. The Morgan fingerprint density at radius 1 is 1.05 bits per heavy atom. The van der Waals surface area contributed by atoms with Crippen LogP contribution in [0.1, 0.15) is 58.4 Å². The number of ether oxygens (including phenoxy) is 3. The highest BCUT2D eigenvalue weighted by Gasteiger charge is 2.34. The van der Waals surface area contributed by atoms with Crippen LogP contribution in [-0.4, -0.2) is 43.1 Å². The fourth-order valence-corrected chi connectivity index (χ4v) is 4.68. The summed E-state index contributed by atoms with van der Waals surface area (Å²) in [6.07, 6.45) is 0.606. The number of methoxy groups -OCH3 is 2. The third kappa shape index (κ3) is 5.38. The van der Waals surface area contributed by atoms with Gasteiger partial charge < -0.3 is 19.1 Å². The number of hydrogen-bond acceptors (Lipinski definition) is 6. The standard InChI is InChI=1S/C29H32N2O6/c1-18(2)20-8-10-23(11-9-20)37-17-26-24-16-28(36-5)27(35-4)15-21(24)12-13-30(26)29(32)22-7-6-19(3)25(14-22)31(33)34/h6-11,14-16,18,26H,12-13,17H2,1-5H3. The summed E-state index contributed by atoms with van der Waals surface area (Å²) in [6.45, 7) is 6.57. The molecule has 0 saturated heterocycles. The monoisotopic (exact) mass is 504 g/mol. The Morgan fingerprint density at radius 3 is 2.35 bits per heavy atom. The molecule has 1 atom stereocenters. The number of fused-ring (bicyclic) bond motifs is 1. The summed E-state index contributed by atoms with van der Waals surface area (Å²) >= 11 is 0. The minimum Gasteiger partial charge on any atom is -0.493 e. The molecule has 8 heteroatoms. The second-order valence-corrected chi connectivity index (χ2v) is 9.46. The Morgan fingerprint density at radius 2 is 1.73 bits per heavy atom. The molecular weight excluding hydrogens is 472 g/mol. The maximum absolute atomic E-state index is 13.7. The molecule has 0 N–H and O–H groups in total. The fraction of sp³-hybridized carbons (Fsp3) is 0.345. The van der Waals surface area contributed by atoms with E-state index in [1.807, 2.05) is 36.4 Å². The maximum atomic E-state index is 13.7. The third-order valence-electron chi connectivity index (χ3n) is 6.87. The molecule has 0 radical (unpaired) electrons. The van der Waals surface area contributed by atoms with Crippen molar-refractivity contribution in [2.75, 3.05) is 27.4 Å². The van der Waals surface area contributed by atoms with E-state index in [2.05, 4.69) is 13.8 Å². The molecule has 0 saturated carbocycles. The fourth-order valence-electron chi connectivity index (χ4n) is 4.68. The van der Waals surface area contributed by atoms with Gasteiger partial charge in [0.05, 0.1) is 25.2 Å². The predicted octanol–water partition coefficient (Wildman–Crippen LogP) is 5.86. The molecule has 3 aromatic rings. The van der Waals surface area contributed by atoms with Crippen molar-refractivity contribution in [1.82, 2.24) is 4.90 Å². The van der Waals surface area contributed by atoms with Gasteiger partial charge in [-0.15, -0.1) is 0 Å². The zero-order valence-corrected chi connectivity index (χ0v) is 21.8. The Labute approximate surface area is 216 Å². The molecule has 0 spiro atoms. The van der Waals surface area contributed by atoms with Gasteiger partial charge >= 0.3 is 0 Å². The first-order chi connectivity index (χ1) is 17.7. The van der Waals surface area contributed by atoms with Crippen molar-refractivity contribution in [2.24, 2.45) is 0 Å². The van der Waals surface area contributed by atoms with Gasteiger partial charge in [0.1, 0.15) is 12.4 Å². The van der Waals surface area contributed by atoms with Gasteiger partial charge in [0.2, 0.25) is 0 Å². The largest absolute Gasteiger partial charge is 0.493 e. The van der Waals surface area contributed by atoms with E-state index in [1.54, 1.807) is 38.2 Å². The van der Waals surface area contributed by atoms with Gasteiger partial charge in [0.25, 0.3) is 11.6 Å². The van der Waals surface area contributed by atoms with Crippen molar-refractivity contribution in [3.05, 3.63) is 92.5 Å². The highest BCUT2D eigenvalue weighted by molar-refractivity contribution is 5.95. The molecule has 0 aliphatic carbocycles. The molecule has 1 aliphatic rings. The zero-order valence-electron chi connectivity index (χ0n) is 21.8. The molecule has 4 rings (SSSR count). The number of amides is 1. The quantitative estimate of drug-likeness (QED) is 0.282. The molecule has 0 bridgehead atoms. The molecule has 1 aliphatic heterocycles. The predicted molar refractivity (Wildman–Crippen MR) is 141 cm³/mol. The molecule has 1 unspecified atom stereocenters. The lowest BCUT2D eigenvalue weighted by atomic mass is 9.91. The molecular formula is C29H32N2O6. The molecule has 37 heavy (non-hydrogen) atoms. The highest BCUT2D eigenvalue weighted by atomic mass is 16.6. The van der Waals surface area contributed by atoms with E-state index in [9.17, 15) is 14.9 Å². The topological polar surface area (TPSA) is 91.1 Å². The number of benzene rings is 3. The lowest BCUT2D eigenvalue weighted by Gasteiger charge is -2.37. The third-order valence-corrected chi connectivity index (χ3v) is 6.87. The summed E-state index contributed by atoms with van der Waals surface area (Å²) in [5, 5.41) is 11.5. The Hall–Kier alpha value is -4.07. The van der Waals surface area contributed by atoms with Crippen molar-refractivity contribution in [2.45, 2.75) is 39.2 Å². The van der Waals surface area contributed by atoms with Gasteiger partial charge in [0.15, 0.2) is 11.5 Å². The lowest BCUT2D eigenvalue weighted by Crippen LogP contribution is -2.42. The van der Waals surface area contributed by atoms with Crippen LogP contribution in [-0.2, 0) is 6.42 Å². The molecule has 1 heterocycles. The van der Waals surface area contributed by atoms with Gasteiger partial charge in [-0.05, 0) is 66.3 Å². The summed E-state index contributed by atoms with van der Waals surface area (Å²) < 4.78 is 17.2. The average Bonchev–Trinajstić information content (AvgIpc) is 2.90. The second-order valence-electron chi connectivity index (χ2n) is 9.46. The minimum absolute atomic E-state index is 0.0762. The molecule has 194 valence electrons. The van der Waals surface area contributed by atoms with Crippen LogP contribution in [0.2, 0.25) is 0 Å². The number of nitro groups is 1. The van der Waals surface area contributed by atoms with Crippen LogP contribution >= 0.6 is 0 Å². The first-order valence-corrected chi connectivity index (χ1v) is 12.3. The van der Waals surface area contributed by atoms with Crippen molar-refractivity contribution in [3.8, 4) is 17.2 Å². The van der Waals surface area contributed by atoms with Gasteiger partial charge in [-0.1, -0.05) is 32.0 Å². The van der Waals surface area contributed by atoms with Gasteiger partial charge in [0, 0.05) is 23.7 Å². The number of nitro benzene ring substituents is 1. The van der Waals surface area contributed by atoms with Crippen LogP contribution in [0, 0.1) is 17.0 Å². The van der Waals surface area contributed by atoms with E-state index in [0.29, 0.717) is 41.7 Å². The lowest BCUT2D eigenvalue weighted by molar-refractivity contribution is -0.385. The van der Waals surface area contributed by atoms with Gasteiger partial charge in [-0.2, -0.15) is 0 Å². The van der Waals surface area contributed by atoms with Crippen molar-refractivity contribution >= 4 is 11.6 Å². The van der Waals surface area contributed by atoms with E-state index >= 15 is 0 Å². The normalized spacial score (nSPS) is 14.8. The van der Waals surface area contributed by atoms with E-state index in [1.165, 1.54) is 11.6 Å². The average molecular weight is 505 g/mol. The number of carbonyl (C=O) groups excluding carboxylic acids is 1. The van der Waals surface area contributed by atoms with E-state index in [-0.39, 0.29) is 23.8 Å². The number of hydrogen-bond donors (Lipinski definition) is 0. The Kier molecular flexibility index (Phi) is 7.66. The highest BCUT2D eigenvalue weighted by Crippen LogP contribution is 2.39. The van der Waals surface area contributed by atoms with Crippen LogP contribution in [0.15, 0.2) is 54.6 Å². The maximum Gasteiger partial charge on any atom is 0.273 e. The van der Waals surface area contributed by atoms with E-state index in [4.69, 9.17) is 14.2 Å². The first kappa shape index (κ1) is 26.0. The Bertz CT molecular complexity index is 1300. The van der Waals surface area contributed by atoms with Crippen molar-refractivity contribution in [1.29, 1.82) is 0 Å². The zero-order chi connectivity index (χ0) is 26.7. The van der Waals surface area contributed by atoms with Crippen LogP contribution in [0.5, 0.6) is 17.2 Å².